The van der Waals surface area contributed by atoms with Gasteiger partial charge in [-0.2, -0.15) is 0 Å². The minimum Gasteiger partial charge on any atom is -0.354 e. The summed E-state index contributed by atoms with van der Waals surface area (Å²) in [7, 11) is 0. The molecule has 20 heavy (non-hydrogen) atoms. The van der Waals surface area contributed by atoms with Crippen molar-refractivity contribution in [2.75, 3.05) is 12.3 Å². The number of aromatic nitrogens is 2. The van der Waals surface area contributed by atoms with Crippen LogP contribution in [-0.2, 0) is 16.1 Å². The van der Waals surface area contributed by atoms with Crippen molar-refractivity contribution in [3.05, 3.63) is 12.4 Å². The average molecular weight is 296 g/mol. The van der Waals surface area contributed by atoms with Gasteiger partial charge in [0.15, 0.2) is 5.16 Å². The van der Waals surface area contributed by atoms with Gasteiger partial charge >= 0.3 is 0 Å². The summed E-state index contributed by atoms with van der Waals surface area (Å²) < 4.78 is 1.98. The third kappa shape index (κ3) is 4.00. The SMILES string of the molecule is CCn1ccnc1SCC(=O)N[C@@H]1CCCCNC1=O. The van der Waals surface area contributed by atoms with E-state index >= 15 is 0 Å². The first-order valence-electron chi connectivity index (χ1n) is 6.91. The van der Waals surface area contributed by atoms with E-state index in [2.05, 4.69) is 15.6 Å². The van der Waals surface area contributed by atoms with E-state index in [0.29, 0.717) is 13.0 Å². The van der Waals surface area contributed by atoms with E-state index in [9.17, 15) is 9.59 Å². The molecule has 1 aliphatic heterocycles. The quantitative estimate of drug-likeness (QED) is 0.787. The third-order valence-electron chi connectivity index (χ3n) is 3.22. The van der Waals surface area contributed by atoms with Crippen molar-refractivity contribution < 1.29 is 9.59 Å². The number of rotatable bonds is 5. The Morgan fingerprint density at radius 2 is 2.45 bits per heavy atom. The zero-order valence-corrected chi connectivity index (χ0v) is 12.4. The largest absolute Gasteiger partial charge is 0.354 e. The predicted octanol–water partition coefficient (Wildman–Crippen LogP) is 0.780. The summed E-state index contributed by atoms with van der Waals surface area (Å²) in [5, 5.41) is 6.44. The molecule has 0 aromatic carbocycles. The van der Waals surface area contributed by atoms with Gasteiger partial charge in [0, 0.05) is 25.5 Å². The lowest BCUT2D eigenvalue weighted by Gasteiger charge is -2.14. The zero-order chi connectivity index (χ0) is 14.4. The molecule has 1 aliphatic rings. The molecule has 0 spiro atoms. The molecule has 0 radical (unpaired) electrons. The van der Waals surface area contributed by atoms with Crippen molar-refractivity contribution >= 4 is 23.6 Å². The molecule has 2 amide bonds. The molecule has 2 rings (SSSR count). The first-order valence-corrected chi connectivity index (χ1v) is 7.90. The molecule has 1 saturated heterocycles. The van der Waals surface area contributed by atoms with Crippen molar-refractivity contribution in [3.63, 3.8) is 0 Å². The molecular weight excluding hydrogens is 276 g/mol. The number of hydrogen-bond donors (Lipinski definition) is 2. The van der Waals surface area contributed by atoms with Crippen LogP contribution in [0.4, 0.5) is 0 Å². The topological polar surface area (TPSA) is 76.0 Å². The van der Waals surface area contributed by atoms with Crippen molar-refractivity contribution in [1.82, 2.24) is 20.2 Å². The van der Waals surface area contributed by atoms with E-state index in [1.807, 2.05) is 17.7 Å². The van der Waals surface area contributed by atoms with Gasteiger partial charge in [0.2, 0.25) is 11.8 Å². The third-order valence-corrected chi connectivity index (χ3v) is 4.23. The molecule has 2 heterocycles. The maximum Gasteiger partial charge on any atom is 0.242 e. The highest BCUT2D eigenvalue weighted by Crippen LogP contribution is 2.15. The molecule has 110 valence electrons. The van der Waals surface area contributed by atoms with Crippen LogP contribution in [0.1, 0.15) is 26.2 Å². The average Bonchev–Trinajstić information content (AvgIpc) is 2.81. The van der Waals surface area contributed by atoms with Gasteiger partial charge in [-0.3, -0.25) is 9.59 Å². The number of imidazole rings is 1. The molecule has 0 unspecified atom stereocenters. The van der Waals surface area contributed by atoms with E-state index in [4.69, 9.17) is 0 Å². The molecule has 0 aliphatic carbocycles. The normalized spacial score (nSPS) is 19.2. The predicted molar refractivity (Wildman–Crippen MR) is 77.4 cm³/mol. The highest BCUT2D eigenvalue weighted by atomic mass is 32.2. The lowest BCUT2D eigenvalue weighted by Crippen LogP contribution is -2.46. The molecule has 1 aromatic rings. The standard InChI is InChI=1S/C13H20N4O2S/c1-2-17-8-7-15-13(17)20-9-11(18)16-10-5-3-4-6-14-12(10)19/h7-8,10H,2-6,9H2,1H3,(H,14,19)(H,16,18)/t10-/m1/s1. The lowest BCUT2D eigenvalue weighted by atomic mass is 10.1. The fourth-order valence-corrected chi connectivity index (χ4v) is 2.95. The van der Waals surface area contributed by atoms with Crippen LogP contribution in [0.15, 0.2) is 17.6 Å². The lowest BCUT2D eigenvalue weighted by molar-refractivity contribution is -0.127. The Kier molecular flexibility index (Phi) is 5.46. The van der Waals surface area contributed by atoms with Crippen LogP contribution in [0.25, 0.3) is 0 Å². The fourth-order valence-electron chi connectivity index (χ4n) is 2.12. The Bertz CT molecular complexity index is 475. The summed E-state index contributed by atoms with van der Waals surface area (Å²) in [6, 6.07) is -0.392. The van der Waals surface area contributed by atoms with Crippen LogP contribution in [0.2, 0.25) is 0 Å². The highest BCUT2D eigenvalue weighted by Gasteiger charge is 2.22. The maximum atomic E-state index is 11.9. The summed E-state index contributed by atoms with van der Waals surface area (Å²) in [5.74, 6) is 0.0828. The Morgan fingerprint density at radius 1 is 1.60 bits per heavy atom. The molecule has 2 N–H and O–H groups in total. The molecule has 1 atom stereocenters. The Hall–Kier alpha value is -1.50. The van der Waals surface area contributed by atoms with E-state index in [0.717, 1.165) is 24.5 Å². The zero-order valence-electron chi connectivity index (χ0n) is 11.6. The monoisotopic (exact) mass is 296 g/mol. The van der Waals surface area contributed by atoms with Gasteiger partial charge in [0.05, 0.1) is 5.75 Å². The van der Waals surface area contributed by atoms with Crippen LogP contribution in [0, 0.1) is 0 Å². The van der Waals surface area contributed by atoms with E-state index in [-0.39, 0.29) is 17.6 Å². The number of nitrogens with zero attached hydrogens (tertiary/aromatic N) is 2. The van der Waals surface area contributed by atoms with Gasteiger partial charge < -0.3 is 15.2 Å². The summed E-state index contributed by atoms with van der Waals surface area (Å²) in [6.45, 7) is 3.56. The van der Waals surface area contributed by atoms with Gasteiger partial charge in [-0.05, 0) is 26.2 Å². The molecule has 1 fully saturated rings. The Balaban J connectivity index is 1.81. The summed E-state index contributed by atoms with van der Waals surface area (Å²) in [5.41, 5.74) is 0. The molecule has 7 heteroatoms. The van der Waals surface area contributed by atoms with Crippen LogP contribution in [0.3, 0.4) is 0 Å². The molecule has 6 nitrogen and oxygen atoms in total. The first-order chi connectivity index (χ1) is 9.70. The van der Waals surface area contributed by atoms with Gasteiger partial charge in [0.1, 0.15) is 6.04 Å². The van der Waals surface area contributed by atoms with E-state index in [1.165, 1.54) is 11.8 Å². The highest BCUT2D eigenvalue weighted by molar-refractivity contribution is 7.99. The second-order valence-corrected chi connectivity index (χ2v) is 5.63. The smallest absolute Gasteiger partial charge is 0.242 e. The van der Waals surface area contributed by atoms with Gasteiger partial charge in [0.25, 0.3) is 0 Å². The van der Waals surface area contributed by atoms with Gasteiger partial charge in [-0.25, -0.2) is 4.98 Å². The second kappa shape index (κ2) is 7.33. The molecule has 1 aromatic heterocycles. The van der Waals surface area contributed by atoms with Crippen molar-refractivity contribution in [2.45, 2.75) is 43.9 Å². The van der Waals surface area contributed by atoms with E-state index < -0.39 is 6.04 Å². The number of aryl methyl sites for hydroxylation is 1. The molecule has 0 bridgehead atoms. The minimum atomic E-state index is -0.392. The summed E-state index contributed by atoms with van der Waals surface area (Å²) >= 11 is 1.39. The van der Waals surface area contributed by atoms with Gasteiger partial charge in [-0.15, -0.1) is 0 Å². The van der Waals surface area contributed by atoms with Crippen LogP contribution >= 0.6 is 11.8 Å². The Labute approximate surface area is 122 Å². The summed E-state index contributed by atoms with van der Waals surface area (Å²) in [4.78, 5) is 27.9. The summed E-state index contributed by atoms with van der Waals surface area (Å²) in [6.07, 6.45) is 6.26. The molecular formula is C13H20N4O2S. The van der Waals surface area contributed by atoms with Crippen molar-refractivity contribution in [3.8, 4) is 0 Å². The number of hydrogen-bond acceptors (Lipinski definition) is 4. The number of carbonyl (C=O) groups is 2. The van der Waals surface area contributed by atoms with Crippen LogP contribution in [-0.4, -0.2) is 39.7 Å². The first kappa shape index (κ1) is 14.9. The van der Waals surface area contributed by atoms with Crippen LogP contribution < -0.4 is 10.6 Å². The number of carbonyl (C=O) groups excluding carboxylic acids is 2. The number of nitrogens with one attached hydrogen (secondary N) is 2. The van der Waals surface area contributed by atoms with Crippen LogP contribution in [0.5, 0.6) is 0 Å². The second-order valence-electron chi connectivity index (χ2n) is 4.69. The maximum absolute atomic E-state index is 11.9. The Morgan fingerprint density at radius 3 is 3.25 bits per heavy atom. The van der Waals surface area contributed by atoms with Gasteiger partial charge in [-0.1, -0.05) is 11.8 Å². The van der Waals surface area contributed by atoms with Crippen molar-refractivity contribution in [1.29, 1.82) is 0 Å². The number of amides is 2. The van der Waals surface area contributed by atoms with E-state index in [1.54, 1.807) is 6.20 Å². The number of thioether (sulfide) groups is 1. The molecule has 0 saturated carbocycles. The minimum absolute atomic E-state index is 0.0732. The van der Waals surface area contributed by atoms with Crippen molar-refractivity contribution in [2.24, 2.45) is 0 Å². The fraction of sp³-hybridized carbons (Fsp3) is 0.615.